The molecule has 1 aliphatic carbocycles. The first-order chi connectivity index (χ1) is 27.5. The van der Waals surface area contributed by atoms with Crippen LogP contribution in [0.5, 0.6) is 0 Å². The first kappa shape index (κ1) is 31.4. The molecule has 0 fully saturated rings. The third-order valence-electron chi connectivity index (χ3n) is 12.6. The van der Waals surface area contributed by atoms with Gasteiger partial charge in [0.05, 0.1) is 0 Å². The van der Waals surface area contributed by atoms with Crippen LogP contribution in [0.3, 0.4) is 0 Å². The smallest absolute Gasteiger partial charge is 0.140 e. The van der Waals surface area contributed by atoms with Gasteiger partial charge in [-0.15, -0.1) is 0 Å². The number of hydrogen-bond donors (Lipinski definition) is 0. The van der Waals surface area contributed by atoms with Crippen molar-refractivity contribution in [1.29, 1.82) is 0 Å². The summed E-state index contributed by atoms with van der Waals surface area (Å²) < 4.78 is 6.75. The lowest BCUT2D eigenvalue weighted by Crippen LogP contribution is -2.15. The Morgan fingerprint density at radius 1 is 0.375 bits per heavy atom. The molecule has 0 amide bonds. The predicted octanol–water partition coefficient (Wildman–Crippen LogP) is 15.5. The Morgan fingerprint density at radius 2 is 0.929 bits per heavy atom. The Hall–Kier alpha value is -6.96. The van der Waals surface area contributed by atoms with Gasteiger partial charge in [-0.1, -0.05) is 166 Å². The summed E-state index contributed by atoms with van der Waals surface area (Å²) in [6.45, 7) is 4.69. The molecule has 0 bridgehead atoms. The standard InChI is InChI=1S/C55H36O/c1-55(2)48-28-24-38(32-47(48)45-26-27-46-52-40-15-7-6-12-33(40)25-29-49(52)56-54(46)53(45)55)36-20-21-37-31-39(23-22-35(37)30-36)51-43-18-10-8-16-41(43)50(34-13-4-3-5-14-34)42-17-9-11-19-44(42)51/h3-32H,1-2H3. The van der Waals surface area contributed by atoms with Crippen molar-refractivity contribution in [3.05, 3.63) is 193 Å². The van der Waals surface area contributed by atoms with Crippen LogP contribution in [-0.4, -0.2) is 0 Å². The van der Waals surface area contributed by atoms with Crippen molar-refractivity contribution in [1.82, 2.24) is 0 Å². The van der Waals surface area contributed by atoms with Crippen LogP contribution < -0.4 is 0 Å². The molecule has 0 radical (unpaired) electrons. The number of rotatable bonds is 3. The maximum absolute atomic E-state index is 6.75. The fourth-order valence-electron chi connectivity index (χ4n) is 10.0. The molecule has 1 heterocycles. The number of benzene rings is 10. The Balaban J connectivity index is 0.975. The highest BCUT2D eigenvalue weighted by atomic mass is 16.3. The predicted molar refractivity (Wildman–Crippen MR) is 238 cm³/mol. The first-order valence-corrected chi connectivity index (χ1v) is 19.6. The van der Waals surface area contributed by atoms with Crippen LogP contribution in [-0.2, 0) is 5.41 Å². The van der Waals surface area contributed by atoms with E-state index in [9.17, 15) is 0 Å². The Kier molecular flexibility index (Phi) is 6.46. The van der Waals surface area contributed by atoms with Gasteiger partial charge in [-0.25, -0.2) is 0 Å². The number of furan rings is 1. The van der Waals surface area contributed by atoms with Crippen molar-refractivity contribution in [2.75, 3.05) is 0 Å². The summed E-state index contributed by atoms with van der Waals surface area (Å²) >= 11 is 0. The molecule has 1 aromatic heterocycles. The van der Waals surface area contributed by atoms with Gasteiger partial charge in [0, 0.05) is 21.8 Å². The SMILES string of the molecule is CC1(C)c2ccc(-c3ccc4cc(-c5c6ccccc6c(-c6ccccc6)c6ccccc56)ccc4c3)cc2-c2ccc3c(oc4ccc5ccccc5c43)c21. The van der Waals surface area contributed by atoms with E-state index in [-0.39, 0.29) is 5.41 Å². The van der Waals surface area contributed by atoms with Crippen LogP contribution in [0, 0.1) is 0 Å². The molecule has 0 saturated heterocycles. The summed E-state index contributed by atoms with van der Waals surface area (Å²) in [4.78, 5) is 0. The number of fused-ring (bicyclic) bond motifs is 12. The minimum absolute atomic E-state index is 0.195. The van der Waals surface area contributed by atoms with Crippen molar-refractivity contribution in [3.63, 3.8) is 0 Å². The molecule has 0 spiro atoms. The van der Waals surface area contributed by atoms with Gasteiger partial charge >= 0.3 is 0 Å². The molecule has 11 aromatic rings. The second kappa shape index (κ2) is 11.5. The van der Waals surface area contributed by atoms with E-state index in [4.69, 9.17) is 4.42 Å². The molecule has 262 valence electrons. The third kappa shape index (κ3) is 4.37. The van der Waals surface area contributed by atoms with E-state index in [0.717, 1.165) is 11.2 Å². The molecule has 0 N–H and O–H groups in total. The highest BCUT2D eigenvalue weighted by Gasteiger charge is 2.39. The Morgan fingerprint density at radius 3 is 1.64 bits per heavy atom. The van der Waals surface area contributed by atoms with Crippen LogP contribution >= 0.6 is 0 Å². The van der Waals surface area contributed by atoms with E-state index in [0.29, 0.717) is 0 Å². The average molecular weight is 713 g/mol. The third-order valence-corrected chi connectivity index (χ3v) is 12.6. The van der Waals surface area contributed by atoms with Gasteiger partial charge in [-0.3, -0.25) is 0 Å². The van der Waals surface area contributed by atoms with Gasteiger partial charge < -0.3 is 4.42 Å². The molecule has 1 heteroatoms. The summed E-state index contributed by atoms with van der Waals surface area (Å²) in [5.74, 6) is 0. The van der Waals surface area contributed by atoms with Gasteiger partial charge in [-0.2, -0.15) is 0 Å². The molecule has 1 nitrogen and oxygen atoms in total. The molecule has 1 aliphatic rings. The summed E-state index contributed by atoms with van der Waals surface area (Å²) in [5.41, 5.74) is 14.5. The Bertz CT molecular complexity index is 3380. The normalized spacial score (nSPS) is 13.3. The minimum atomic E-state index is -0.195. The number of hydrogen-bond acceptors (Lipinski definition) is 1. The monoisotopic (exact) mass is 712 g/mol. The maximum Gasteiger partial charge on any atom is 0.140 e. The molecular formula is C55H36O. The zero-order valence-corrected chi connectivity index (χ0v) is 31.2. The molecule has 56 heavy (non-hydrogen) atoms. The van der Waals surface area contributed by atoms with E-state index in [1.807, 2.05) is 0 Å². The lowest BCUT2D eigenvalue weighted by Gasteiger charge is -2.21. The lowest BCUT2D eigenvalue weighted by atomic mass is 9.81. The van der Waals surface area contributed by atoms with Crippen molar-refractivity contribution in [2.45, 2.75) is 19.3 Å². The van der Waals surface area contributed by atoms with E-state index >= 15 is 0 Å². The lowest BCUT2D eigenvalue weighted by molar-refractivity contribution is 0.620. The highest BCUT2D eigenvalue weighted by Crippen LogP contribution is 2.54. The Labute approximate surface area is 325 Å². The molecule has 10 aromatic carbocycles. The molecule has 0 atom stereocenters. The minimum Gasteiger partial charge on any atom is -0.456 e. The molecular weight excluding hydrogens is 677 g/mol. The van der Waals surface area contributed by atoms with Gasteiger partial charge in [0.1, 0.15) is 11.2 Å². The molecule has 12 rings (SSSR count). The molecule has 0 saturated carbocycles. The molecule has 0 unspecified atom stereocenters. The van der Waals surface area contributed by atoms with E-state index in [1.54, 1.807) is 0 Å². The van der Waals surface area contributed by atoms with Crippen LogP contribution in [0.1, 0.15) is 25.0 Å². The molecule has 0 aliphatic heterocycles. The average Bonchev–Trinajstić information content (AvgIpc) is 3.74. The van der Waals surface area contributed by atoms with Crippen LogP contribution in [0.25, 0.3) is 110 Å². The van der Waals surface area contributed by atoms with Crippen molar-refractivity contribution < 1.29 is 4.42 Å². The zero-order chi connectivity index (χ0) is 37.1. The van der Waals surface area contributed by atoms with Crippen molar-refractivity contribution in [2.24, 2.45) is 0 Å². The fourth-order valence-corrected chi connectivity index (χ4v) is 10.0. The second-order valence-electron chi connectivity index (χ2n) is 16.0. The van der Waals surface area contributed by atoms with Gasteiger partial charge in [-0.05, 0) is 123 Å². The van der Waals surface area contributed by atoms with Gasteiger partial charge in [0.2, 0.25) is 0 Å². The largest absolute Gasteiger partial charge is 0.456 e. The van der Waals surface area contributed by atoms with E-state index in [2.05, 4.69) is 196 Å². The van der Waals surface area contributed by atoms with Crippen LogP contribution in [0.4, 0.5) is 0 Å². The van der Waals surface area contributed by atoms with Crippen molar-refractivity contribution in [3.8, 4) is 44.5 Å². The van der Waals surface area contributed by atoms with Gasteiger partial charge in [0.25, 0.3) is 0 Å². The second-order valence-corrected chi connectivity index (χ2v) is 16.0. The van der Waals surface area contributed by atoms with Crippen molar-refractivity contribution >= 4 is 65.0 Å². The summed E-state index contributed by atoms with van der Waals surface area (Å²) in [5, 5.41) is 12.4. The van der Waals surface area contributed by atoms with Crippen LogP contribution in [0.2, 0.25) is 0 Å². The van der Waals surface area contributed by atoms with Gasteiger partial charge in [0.15, 0.2) is 0 Å². The summed E-state index contributed by atoms with van der Waals surface area (Å²) in [6, 6.07) is 67.1. The highest BCUT2D eigenvalue weighted by molar-refractivity contribution is 6.22. The topological polar surface area (TPSA) is 13.1 Å². The summed E-state index contributed by atoms with van der Waals surface area (Å²) in [6.07, 6.45) is 0. The first-order valence-electron chi connectivity index (χ1n) is 19.6. The quantitative estimate of drug-likeness (QED) is 0.166. The fraction of sp³-hybridized carbons (Fsp3) is 0.0545. The zero-order valence-electron chi connectivity index (χ0n) is 31.2. The van der Waals surface area contributed by atoms with Crippen LogP contribution in [0.15, 0.2) is 186 Å². The summed E-state index contributed by atoms with van der Waals surface area (Å²) in [7, 11) is 0. The maximum atomic E-state index is 6.75. The van der Waals surface area contributed by atoms with E-state index in [1.165, 1.54) is 109 Å². The van der Waals surface area contributed by atoms with E-state index < -0.39 is 0 Å².